The van der Waals surface area contributed by atoms with E-state index in [1.54, 1.807) is 24.1 Å². The molecule has 9 nitrogen and oxygen atoms in total. The first-order valence-electron chi connectivity index (χ1n) is 10.5. The van der Waals surface area contributed by atoms with Crippen molar-refractivity contribution in [2.75, 3.05) is 18.9 Å². The van der Waals surface area contributed by atoms with E-state index in [1.807, 2.05) is 43.7 Å². The van der Waals surface area contributed by atoms with E-state index in [9.17, 15) is 4.79 Å². The van der Waals surface area contributed by atoms with Gasteiger partial charge in [0.2, 0.25) is 5.91 Å². The lowest BCUT2D eigenvalue weighted by molar-refractivity contribution is -0.122. The van der Waals surface area contributed by atoms with Crippen LogP contribution in [0.15, 0.2) is 49.1 Å². The van der Waals surface area contributed by atoms with E-state index in [-0.39, 0.29) is 11.9 Å². The molecule has 4 rings (SSSR count). The molecule has 0 aliphatic carbocycles. The molecule has 3 heterocycles. The van der Waals surface area contributed by atoms with Gasteiger partial charge < -0.3 is 21.4 Å². The van der Waals surface area contributed by atoms with Gasteiger partial charge in [-0.05, 0) is 18.1 Å². The van der Waals surface area contributed by atoms with Gasteiger partial charge in [-0.15, -0.1) is 0 Å². The standard InChI is InChI=1S/C23H26N8O/c1-25-10-17(9-24)20-13-27-22(30-23(20)29-19-6-7-21(32)26-12-19)16-5-3-4-15(8-16)18-11-28-31(2)14-18/h3-5,8-11,13-14,19,24-25H,6-7,12H2,1-2H3,(H,26,32)(H,27,29,30)/b17-10+,24-9?. The summed E-state index contributed by atoms with van der Waals surface area (Å²) >= 11 is 0. The van der Waals surface area contributed by atoms with Gasteiger partial charge in [0.25, 0.3) is 0 Å². The normalized spacial score (nSPS) is 16.4. The Morgan fingerprint density at radius 2 is 2.12 bits per heavy atom. The van der Waals surface area contributed by atoms with Gasteiger partial charge in [0.15, 0.2) is 5.82 Å². The smallest absolute Gasteiger partial charge is 0.220 e. The number of aryl methyl sites for hydroxylation is 1. The van der Waals surface area contributed by atoms with E-state index in [0.29, 0.717) is 30.2 Å². The maximum Gasteiger partial charge on any atom is 0.220 e. The molecule has 164 valence electrons. The lowest BCUT2D eigenvalue weighted by atomic mass is 10.0. The molecule has 1 amide bonds. The number of piperidine rings is 1. The van der Waals surface area contributed by atoms with Crippen molar-refractivity contribution in [1.29, 1.82) is 5.41 Å². The third kappa shape index (κ3) is 4.66. The van der Waals surface area contributed by atoms with E-state index < -0.39 is 0 Å². The van der Waals surface area contributed by atoms with Crippen LogP contribution in [0.3, 0.4) is 0 Å². The Bertz CT molecular complexity index is 1160. The number of carbonyl (C=O) groups is 1. The number of nitrogens with zero attached hydrogens (tertiary/aromatic N) is 4. The summed E-state index contributed by atoms with van der Waals surface area (Å²) in [7, 11) is 3.67. The molecule has 1 aliphatic rings. The molecule has 1 fully saturated rings. The van der Waals surface area contributed by atoms with Crippen molar-refractivity contribution in [3.05, 3.63) is 54.6 Å². The van der Waals surface area contributed by atoms with E-state index in [1.165, 1.54) is 6.21 Å². The van der Waals surface area contributed by atoms with Gasteiger partial charge >= 0.3 is 0 Å². The quantitative estimate of drug-likeness (QED) is 0.427. The SMILES string of the molecule is CN/C=C(\C=N)c1cnc(-c2cccc(-c3cnn(C)c3)c2)nc1NC1CCC(=O)NC1. The fourth-order valence-electron chi connectivity index (χ4n) is 3.65. The zero-order chi connectivity index (χ0) is 22.5. The van der Waals surface area contributed by atoms with E-state index in [0.717, 1.165) is 28.7 Å². The highest BCUT2D eigenvalue weighted by Gasteiger charge is 2.21. The van der Waals surface area contributed by atoms with Crippen LogP contribution in [-0.4, -0.2) is 51.5 Å². The third-order valence-corrected chi connectivity index (χ3v) is 5.32. The highest BCUT2D eigenvalue weighted by atomic mass is 16.1. The van der Waals surface area contributed by atoms with Crippen molar-refractivity contribution in [2.24, 2.45) is 7.05 Å². The molecule has 3 aromatic rings. The third-order valence-electron chi connectivity index (χ3n) is 5.32. The molecule has 0 bridgehead atoms. The van der Waals surface area contributed by atoms with Gasteiger partial charge in [0.05, 0.1) is 6.20 Å². The van der Waals surface area contributed by atoms with Gasteiger partial charge in [-0.3, -0.25) is 9.48 Å². The minimum Gasteiger partial charge on any atom is -0.393 e. The highest BCUT2D eigenvalue weighted by Crippen LogP contribution is 2.28. The van der Waals surface area contributed by atoms with Gasteiger partial charge in [-0.1, -0.05) is 18.2 Å². The first-order valence-corrected chi connectivity index (χ1v) is 10.5. The zero-order valence-corrected chi connectivity index (χ0v) is 18.1. The van der Waals surface area contributed by atoms with Crippen LogP contribution >= 0.6 is 0 Å². The van der Waals surface area contributed by atoms with Crippen LogP contribution in [0.2, 0.25) is 0 Å². The predicted octanol–water partition coefficient (Wildman–Crippen LogP) is 2.44. The average molecular weight is 431 g/mol. The molecule has 0 radical (unpaired) electrons. The molecule has 0 saturated carbocycles. The second kappa shape index (κ2) is 9.42. The lowest BCUT2D eigenvalue weighted by Gasteiger charge is -2.25. The van der Waals surface area contributed by atoms with Crippen molar-refractivity contribution >= 4 is 23.5 Å². The van der Waals surface area contributed by atoms with E-state index in [2.05, 4.69) is 26.0 Å². The van der Waals surface area contributed by atoms with Gasteiger partial charge in [0, 0.05) is 80.2 Å². The molecular formula is C23H26N8O. The molecule has 0 spiro atoms. The first kappa shape index (κ1) is 21.2. The largest absolute Gasteiger partial charge is 0.393 e. The van der Waals surface area contributed by atoms with Crippen molar-refractivity contribution in [1.82, 2.24) is 30.4 Å². The fraction of sp³-hybridized carbons (Fsp3) is 0.261. The Balaban J connectivity index is 1.71. The predicted molar refractivity (Wildman–Crippen MR) is 125 cm³/mol. The van der Waals surface area contributed by atoms with Crippen LogP contribution in [-0.2, 0) is 11.8 Å². The molecular weight excluding hydrogens is 404 g/mol. The maximum atomic E-state index is 11.5. The van der Waals surface area contributed by atoms with Crippen molar-refractivity contribution in [3.8, 4) is 22.5 Å². The lowest BCUT2D eigenvalue weighted by Crippen LogP contribution is -2.42. The molecule has 4 N–H and O–H groups in total. The van der Waals surface area contributed by atoms with E-state index in [4.69, 9.17) is 10.4 Å². The second-order valence-corrected chi connectivity index (χ2v) is 7.66. The number of anilines is 1. The average Bonchev–Trinajstić information content (AvgIpc) is 3.25. The van der Waals surface area contributed by atoms with Crippen LogP contribution < -0.4 is 16.0 Å². The summed E-state index contributed by atoms with van der Waals surface area (Å²) in [5, 5.41) is 21.4. The van der Waals surface area contributed by atoms with Crippen LogP contribution in [0, 0.1) is 5.41 Å². The van der Waals surface area contributed by atoms with Crippen molar-refractivity contribution < 1.29 is 4.79 Å². The minimum atomic E-state index is 0.0532. The molecule has 32 heavy (non-hydrogen) atoms. The Labute approximate surface area is 186 Å². The van der Waals surface area contributed by atoms with Crippen LogP contribution in [0.4, 0.5) is 5.82 Å². The summed E-state index contributed by atoms with van der Waals surface area (Å²) in [6.45, 7) is 0.532. The molecule has 1 saturated heterocycles. The van der Waals surface area contributed by atoms with Gasteiger partial charge in [-0.25, -0.2) is 9.97 Å². The summed E-state index contributed by atoms with van der Waals surface area (Å²) in [5.74, 6) is 1.28. The summed E-state index contributed by atoms with van der Waals surface area (Å²) in [6.07, 6.45) is 9.72. The number of allylic oxidation sites excluding steroid dienone is 1. The van der Waals surface area contributed by atoms with Crippen LogP contribution in [0.5, 0.6) is 0 Å². The Morgan fingerprint density at radius 3 is 2.81 bits per heavy atom. The molecule has 1 unspecified atom stereocenters. The minimum absolute atomic E-state index is 0.0532. The Hall–Kier alpha value is -4.01. The molecule has 1 aliphatic heterocycles. The summed E-state index contributed by atoms with van der Waals surface area (Å²) < 4.78 is 1.77. The number of amides is 1. The summed E-state index contributed by atoms with van der Waals surface area (Å²) in [6, 6.07) is 8.07. The van der Waals surface area contributed by atoms with Gasteiger partial charge in [-0.2, -0.15) is 5.10 Å². The van der Waals surface area contributed by atoms with Crippen molar-refractivity contribution in [3.63, 3.8) is 0 Å². The fourth-order valence-corrected chi connectivity index (χ4v) is 3.65. The molecule has 2 aromatic heterocycles. The number of rotatable bonds is 7. The molecule has 1 aromatic carbocycles. The van der Waals surface area contributed by atoms with Crippen molar-refractivity contribution in [2.45, 2.75) is 18.9 Å². The monoisotopic (exact) mass is 430 g/mol. The topological polar surface area (TPSA) is 121 Å². The number of carbonyl (C=O) groups excluding carboxylic acids is 1. The summed E-state index contributed by atoms with van der Waals surface area (Å²) in [4.78, 5) is 21.0. The number of benzene rings is 1. The highest BCUT2D eigenvalue weighted by molar-refractivity contribution is 6.10. The number of hydrogen-bond acceptors (Lipinski definition) is 7. The summed E-state index contributed by atoms with van der Waals surface area (Å²) in [5.41, 5.74) is 4.31. The van der Waals surface area contributed by atoms with Gasteiger partial charge in [0.1, 0.15) is 5.82 Å². The Kier molecular flexibility index (Phi) is 6.25. The Morgan fingerprint density at radius 1 is 1.28 bits per heavy atom. The molecule has 9 heteroatoms. The maximum absolute atomic E-state index is 11.5. The van der Waals surface area contributed by atoms with E-state index >= 15 is 0 Å². The van der Waals surface area contributed by atoms with Crippen LogP contribution in [0.25, 0.3) is 28.1 Å². The van der Waals surface area contributed by atoms with Crippen LogP contribution in [0.1, 0.15) is 18.4 Å². The molecule has 1 atom stereocenters. The zero-order valence-electron chi connectivity index (χ0n) is 18.1. The second-order valence-electron chi connectivity index (χ2n) is 7.66. The number of aromatic nitrogens is 4. The first-order chi connectivity index (χ1) is 15.6. The number of nitrogens with one attached hydrogen (secondary N) is 4. The number of hydrogen-bond donors (Lipinski definition) is 4.